The molecule has 0 bridgehead atoms. The lowest BCUT2D eigenvalue weighted by atomic mass is 10.0. The quantitative estimate of drug-likeness (QED) is 0.708. The fourth-order valence-electron chi connectivity index (χ4n) is 3.81. The Hall–Kier alpha value is -2.29. The first-order chi connectivity index (χ1) is 13.9. The number of nitrogens with one attached hydrogen (secondary N) is 1. The van der Waals surface area contributed by atoms with Crippen LogP contribution < -0.4 is 5.32 Å². The Balaban J connectivity index is 1.51. The van der Waals surface area contributed by atoms with E-state index in [-0.39, 0.29) is 5.91 Å². The molecule has 0 saturated carbocycles. The minimum Gasteiger partial charge on any atom is -0.394 e. The summed E-state index contributed by atoms with van der Waals surface area (Å²) in [5, 5.41) is 22.4. The topological polar surface area (TPSA) is 97.3 Å². The third-order valence-corrected chi connectivity index (χ3v) is 5.21. The molecule has 7 nitrogen and oxygen atoms in total. The Morgan fingerprint density at radius 2 is 1.72 bits per heavy atom. The summed E-state index contributed by atoms with van der Waals surface area (Å²) >= 11 is 0. The zero-order valence-corrected chi connectivity index (χ0v) is 16.3. The third kappa shape index (κ3) is 4.05. The van der Waals surface area contributed by atoms with E-state index in [0.717, 1.165) is 11.1 Å². The van der Waals surface area contributed by atoms with Crippen LogP contribution in [0, 0.1) is 0 Å². The average molecular weight is 399 g/mol. The third-order valence-electron chi connectivity index (χ3n) is 5.21. The summed E-state index contributed by atoms with van der Waals surface area (Å²) in [7, 11) is 0. The fraction of sp³-hybridized carbons (Fsp3) is 0.409. The van der Waals surface area contributed by atoms with Gasteiger partial charge in [0, 0.05) is 5.56 Å². The van der Waals surface area contributed by atoms with Crippen LogP contribution in [0.5, 0.6) is 0 Å². The number of rotatable bonds is 5. The van der Waals surface area contributed by atoms with Crippen LogP contribution in [0.25, 0.3) is 11.1 Å². The molecule has 154 valence electrons. The van der Waals surface area contributed by atoms with E-state index in [4.69, 9.17) is 14.2 Å². The molecule has 2 aromatic carbocycles. The van der Waals surface area contributed by atoms with E-state index in [1.807, 2.05) is 42.5 Å². The van der Waals surface area contributed by atoms with Crippen molar-refractivity contribution < 1.29 is 29.2 Å². The first-order valence-corrected chi connectivity index (χ1v) is 9.64. The van der Waals surface area contributed by atoms with E-state index >= 15 is 0 Å². The van der Waals surface area contributed by atoms with Gasteiger partial charge in [-0.1, -0.05) is 42.5 Å². The summed E-state index contributed by atoms with van der Waals surface area (Å²) in [5.41, 5.74) is 2.55. The molecule has 2 aliphatic rings. The molecule has 0 aromatic heterocycles. The SMILES string of the molecule is CC1(C)O[C@H]2O[C@H]([C@H](O)CO)[C@@H](NC(=O)c3ccc(-c4ccccc4)cc3)[C@H]2O1. The lowest BCUT2D eigenvalue weighted by Crippen LogP contribution is -2.52. The standard InChI is InChI=1S/C22H25NO6/c1-22(2)28-19-17(18(16(25)12-24)27-21(19)29-22)23-20(26)15-10-8-14(9-11-15)13-6-4-3-5-7-13/h3-11,16-19,21,24-25H,12H2,1-2H3,(H,23,26)/t16-,17-,18-,19-,21-/m1/s1. The van der Waals surface area contributed by atoms with Crippen molar-refractivity contribution in [3.05, 3.63) is 60.2 Å². The van der Waals surface area contributed by atoms with E-state index in [1.165, 1.54) is 0 Å². The maximum Gasteiger partial charge on any atom is 0.251 e. The Labute approximate surface area is 169 Å². The normalized spacial score (nSPS) is 28.7. The van der Waals surface area contributed by atoms with Crippen LogP contribution in [-0.4, -0.2) is 59.2 Å². The van der Waals surface area contributed by atoms with Gasteiger partial charge in [0.15, 0.2) is 12.1 Å². The largest absolute Gasteiger partial charge is 0.394 e. The molecule has 7 heteroatoms. The van der Waals surface area contributed by atoms with Gasteiger partial charge in [-0.25, -0.2) is 0 Å². The van der Waals surface area contributed by atoms with Crippen LogP contribution in [0.4, 0.5) is 0 Å². The number of fused-ring (bicyclic) bond motifs is 1. The molecule has 3 N–H and O–H groups in total. The van der Waals surface area contributed by atoms with Gasteiger partial charge in [-0.2, -0.15) is 0 Å². The van der Waals surface area contributed by atoms with Crippen molar-refractivity contribution in [2.45, 2.75) is 50.3 Å². The monoisotopic (exact) mass is 399 g/mol. The molecule has 5 atom stereocenters. The predicted octanol–water partition coefficient (Wildman–Crippen LogP) is 1.68. The first kappa shape index (κ1) is 20.0. The number of benzene rings is 2. The first-order valence-electron chi connectivity index (χ1n) is 9.64. The summed E-state index contributed by atoms with van der Waals surface area (Å²) in [6.07, 6.45) is -3.30. The van der Waals surface area contributed by atoms with Crippen molar-refractivity contribution in [3.8, 4) is 11.1 Å². The number of aliphatic hydroxyl groups excluding tert-OH is 2. The Kier molecular flexibility index (Phi) is 5.42. The van der Waals surface area contributed by atoms with Crippen LogP contribution in [-0.2, 0) is 14.2 Å². The number of hydrogen-bond acceptors (Lipinski definition) is 6. The molecule has 2 aromatic rings. The van der Waals surface area contributed by atoms with Gasteiger partial charge in [0.05, 0.1) is 12.6 Å². The molecule has 0 spiro atoms. The maximum absolute atomic E-state index is 12.8. The van der Waals surface area contributed by atoms with Gasteiger partial charge in [-0.3, -0.25) is 4.79 Å². The van der Waals surface area contributed by atoms with Crippen molar-refractivity contribution in [2.75, 3.05) is 6.61 Å². The van der Waals surface area contributed by atoms with Gasteiger partial charge < -0.3 is 29.7 Å². The van der Waals surface area contributed by atoms with Crippen molar-refractivity contribution in [1.82, 2.24) is 5.32 Å². The molecule has 0 aliphatic carbocycles. The number of carbonyl (C=O) groups is 1. The van der Waals surface area contributed by atoms with Crippen molar-refractivity contribution in [1.29, 1.82) is 0 Å². The van der Waals surface area contributed by atoms with E-state index in [9.17, 15) is 15.0 Å². The average Bonchev–Trinajstić information content (AvgIpc) is 3.20. The van der Waals surface area contributed by atoms with Gasteiger partial charge in [0.25, 0.3) is 5.91 Å². The predicted molar refractivity (Wildman–Crippen MR) is 105 cm³/mol. The lowest BCUT2D eigenvalue weighted by Gasteiger charge is -2.28. The van der Waals surface area contributed by atoms with Gasteiger partial charge in [-0.15, -0.1) is 0 Å². The number of aliphatic hydroxyl groups is 2. The Bertz CT molecular complexity index is 853. The maximum atomic E-state index is 12.8. The van der Waals surface area contributed by atoms with E-state index in [1.54, 1.807) is 26.0 Å². The molecule has 2 heterocycles. The summed E-state index contributed by atoms with van der Waals surface area (Å²) in [4.78, 5) is 12.8. The molecule has 1 amide bonds. The molecule has 29 heavy (non-hydrogen) atoms. The highest BCUT2D eigenvalue weighted by Crippen LogP contribution is 2.38. The number of hydrogen-bond donors (Lipinski definition) is 3. The highest BCUT2D eigenvalue weighted by atomic mass is 16.8. The minimum atomic E-state index is -1.17. The van der Waals surface area contributed by atoms with Gasteiger partial charge in [-0.05, 0) is 37.1 Å². The summed E-state index contributed by atoms with van der Waals surface area (Å²) in [6.45, 7) is 3.02. The second kappa shape index (κ2) is 7.85. The molecule has 2 aliphatic heterocycles. The van der Waals surface area contributed by atoms with Gasteiger partial charge >= 0.3 is 0 Å². The summed E-state index contributed by atoms with van der Waals surface area (Å²) in [6, 6.07) is 16.5. The van der Waals surface area contributed by atoms with Crippen LogP contribution in [0.1, 0.15) is 24.2 Å². The van der Waals surface area contributed by atoms with Crippen LogP contribution >= 0.6 is 0 Å². The van der Waals surface area contributed by atoms with Crippen molar-refractivity contribution in [2.24, 2.45) is 0 Å². The second-order valence-corrected chi connectivity index (χ2v) is 7.76. The minimum absolute atomic E-state index is 0.317. The molecular weight excluding hydrogens is 374 g/mol. The molecule has 4 rings (SSSR count). The Morgan fingerprint density at radius 3 is 2.38 bits per heavy atom. The summed E-state index contributed by atoms with van der Waals surface area (Å²) < 4.78 is 17.3. The zero-order valence-electron chi connectivity index (χ0n) is 16.3. The highest BCUT2D eigenvalue weighted by molar-refractivity contribution is 5.95. The molecule has 2 saturated heterocycles. The lowest BCUT2D eigenvalue weighted by molar-refractivity contribution is -0.218. The van der Waals surface area contributed by atoms with Gasteiger partial charge in [0.1, 0.15) is 18.3 Å². The fourth-order valence-corrected chi connectivity index (χ4v) is 3.81. The Morgan fingerprint density at radius 1 is 1.07 bits per heavy atom. The summed E-state index contributed by atoms with van der Waals surface area (Å²) in [5.74, 6) is -1.17. The molecular formula is C22H25NO6. The van der Waals surface area contributed by atoms with E-state index in [2.05, 4.69) is 5.32 Å². The molecule has 0 unspecified atom stereocenters. The van der Waals surface area contributed by atoms with Crippen LogP contribution in [0.2, 0.25) is 0 Å². The second-order valence-electron chi connectivity index (χ2n) is 7.76. The number of amides is 1. The van der Waals surface area contributed by atoms with Crippen LogP contribution in [0.15, 0.2) is 54.6 Å². The number of carbonyl (C=O) groups excluding carboxylic acids is 1. The van der Waals surface area contributed by atoms with Crippen molar-refractivity contribution >= 4 is 5.91 Å². The zero-order chi connectivity index (χ0) is 20.6. The van der Waals surface area contributed by atoms with Gasteiger partial charge in [0.2, 0.25) is 0 Å². The van der Waals surface area contributed by atoms with E-state index < -0.39 is 43.0 Å². The van der Waals surface area contributed by atoms with Crippen LogP contribution in [0.3, 0.4) is 0 Å². The smallest absolute Gasteiger partial charge is 0.251 e. The number of ether oxygens (including phenoxy) is 3. The van der Waals surface area contributed by atoms with Crippen molar-refractivity contribution in [3.63, 3.8) is 0 Å². The van der Waals surface area contributed by atoms with E-state index in [0.29, 0.717) is 5.56 Å². The highest BCUT2D eigenvalue weighted by Gasteiger charge is 2.56. The molecule has 2 fully saturated rings. The molecule has 0 radical (unpaired) electrons.